The Morgan fingerprint density at radius 3 is 2.65 bits per heavy atom. The van der Waals surface area contributed by atoms with Crippen molar-refractivity contribution in [1.29, 1.82) is 0 Å². The van der Waals surface area contributed by atoms with Gasteiger partial charge >= 0.3 is 0 Å². The highest BCUT2D eigenvalue weighted by molar-refractivity contribution is 5.44. The fourth-order valence-corrected chi connectivity index (χ4v) is 2.94. The van der Waals surface area contributed by atoms with E-state index in [1.54, 1.807) is 14.2 Å². The first kappa shape index (κ1) is 15.1. The summed E-state index contributed by atoms with van der Waals surface area (Å²) in [6.07, 6.45) is 2.47. The number of hydrogen-bond donors (Lipinski definition) is 1. The molecule has 0 aliphatic carbocycles. The predicted octanol–water partition coefficient (Wildman–Crippen LogP) is 2.40. The summed E-state index contributed by atoms with van der Waals surface area (Å²) in [5.41, 5.74) is 0.0152. The molecule has 0 spiro atoms. The van der Waals surface area contributed by atoms with Gasteiger partial charge in [0, 0.05) is 12.1 Å². The van der Waals surface area contributed by atoms with Gasteiger partial charge in [-0.1, -0.05) is 6.92 Å². The summed E-state index contributed by atoms with van der Waals surface area (Å²) in [5, 5.41) is 11.1. The summed E-state index contributed by atoms with van der Waals surface area (Å²) in [5.74, 6) is 1.49. The number of ether oxygens (including phenoxy) is 2. The number of likely N-dealkylation sites (tertiary alicyclic amines) is 1. The van der Waals surface area contributed by atoms with Gasteiger partial charge in [0.15, 0.2) is 0 Å². The molecule has 1 heterocycles. The quantitative estimate of drug-likeness (QED) is 0.919. The van der Waals surface area contributed by atoms with Crippen molar-refractivity contribution in [3.8, 4) is 11.5 Å². The Labute approximate surface area is 121 Å². The number of rotatable bonds is 4. The van der Waals surface area contributed by atoms with Gasteiger partial charge in [-0.25, -0.2) is 0 Å². The summed E-state index contributed by atoms with van der Waals surface area (Å²) in [6.45, 7) is 5.15. The summed E-state index contributed by atoms with van der Waals surface area (Å²) in [4.78, 5) is 2.38. The summed E-state index contributed by atoms with van der Waals surface area (Å²) >= 11 is 0. The minimum atomic E-state index is -0.830. The van der Waals surface area contributed by atoms with Gasteiger partial charge in [0.25, 0.3) is 0 Å². The average Bonchev–Trinajstić information content (AvgIpc) is 2.69. The highest BCUT2D eigenvalue weighted by Gasteiger charge is 2.34. The first-order chi connectivity index (χ1) is 9.62. The largest absolute Gasteiger partial charge is 0.497 e. The zero-order valence-electron chi connectivity index (χ0n) is 12.7. The van der Waals surface area contributed by atoms with Crippen LogP contribution in [-0.4, -0.2) is 43.9 Å². The third kappa shape index (κ3) is 3.07. The second-order valence-corrected chi connectivity index (χ2v) is 5.39. The van der Waals surface area contributed by atoms with Gasteiger partial charge in [-0.05, 0) is 50.6 Å². The molecule has 4 heteroatoms. The van der Waals surface area contributed by atoms with E-state index in [-0.39, 0.29) is 0 Å². The molecule has 0 aromatic heterocycles. The number of hydrogen-bond acceptors (Lipinski definition) is 4. The highest BCUT2D eigenvalue weighted by atomic mass is 16.5. The lowest BCUT2D eigenvalue weighted by atomic mass is 9.86. The number of methoxy groups -OCH3 is 2. The first-order valence-corrected chi connectivity index (χ1v) is 7.30. The van der Waals surface area contributed by atoms with Gasteiger partial charge in [-0.15, -0.1) is 0 Å². The Balaban J connectivity index is 2.32. The fraction of sp³-hybridized carbons (Fsp3) is 0.625. The van der Waals surface area contributed by atoms with Crippen LogP contribution in [0, 0.1) is 0 Å². The van der Waals surface area contributed by atoms with Crippen molar-refractivity contribution in [2.24, 2.45) is 0 Å². The Morgan fingerprint density at radius 1 is 1.20 bits per heavy atom. The van der Waals surface area contributed by atoms with Crippen LogP contribution in [0.4, 0.5) is 0 Å². The molecule has 0 amide bonds. The molecular weight excluding hydrogens is 254 g/mol. The molecular formula is C16H25NO3. The van der Waals surface area contributed by atoms with Gasteiger partial charge in [-0.3, -0.25) is 0 Å². The van der Waals surface area contributed by atoms with Crippen LogP contribution in [0.3, 0.4) is 0 Å². The third-order valence-corrected chi connectivity index (χ3v) is 4.26. The molecule has 1 aromatic rings. The van der Waals surface area contributed by atoms with Crippen molar-refractivity contribution >= 4 is 0 Å². The second-order valence-electron chi connectivity index (χ2n) is 5.39. The van der Waals surface area contributed by atoms with E-state index in [1.807, 2.05) is 18.2 Å². The molecule has 20 heavy (non-hydrogen) atoms. The molecule has 1 unspecified atom stereocenters. The Morgan fingerprint density at radius 2 is 2.00 bits per heavy atom. The number of nitrogens with zero attached hydrogens (tertiary/aromatic N) is 1. The zero-order chi connectivity index (χ0) is 14.6. The van der Waals surface area contributed by atoms with Crippen molar-refractivity contribution < 1.29 is 14.6 Å². The molecule has 1 atom stereocenters. The van der Waals surface area contributed by atoms with Crippen molar-refractivity contribution in [3.05, 3.63) is 23.8 Å². The van der Waals surface area contributed by atoms with Crippen LogP contribution in [0.25, 0.3) is 0 Å². The van der Waals surface area contributed by atoms with Crippen LogP contribution in [-0.2, 0) is 5.60 Å². The van der Waals surface area contributed by atoms with E-state index in [4.69, 9.17) is 9.47 Å². The minimum Gasteiger partial charge on any atom is -0.497 e. The molecule has 4 nitrogen and oxygen atoms in total. The summed E-state index contributed by atoms with van der Waals surface area (Å²) < 4.78 is 10.7. The van der Waals surface area contributed by atoms with Gasteiger partial charge in [0.05, 0.1) is 19.8 Å². The molecule has 1 aliphatic rings. The monoisotopic (exact) mass is 279 g/mol. The molecule has 1 aliphatic heterocycles. The smallest absolute Gasteiger partial charge is 0.125 e. The van der Waals surface area contributed by atoms with Crippen molar-refractivity contribution in [2.45, 2.75) is 31.8 Å². The standard InChI is InChI=1S/C16H25NO3/c1-4-17-10-5-8-16(18,9-11-17)14-12-13(19-2)6-7-15(14)20-3/h6-7,12,18H,4-5,8-11H2,1-3H3. The highest BCUT2D eigenvalue weighted by Crippen LogP contribution is 2.39. The van der Waals surface area contributed by atoms with Gasteiger partial charge in [-0.2, -0.15) is 0 Å². The van der Waals surface area contributed by atoms with Crippen LogP contribution >= 0.6 is 0 Å². The van der Waals surface area contributed by atoms with Crippen molar-refractivity contribution in [2.75, 3.05) is 33.9 Å². The molecule has 0 radical (unpaired) electrons. The van der Waals surface area contributed by atoms with Crippen molar-refractivity contribution in [3.63, 3.8) is 0 Å². The number of benzene rings is 1. The summed E-state index contributed by atoms with van der Waals surface area (Å²) in [6, 6.07) is 5.63. The first-order valence-electron chi connectivity index (χ1n) is 7.30. The lowest BCUT2D eigenvalue weighted by Crippen LogP contribution is -2.29. The molecule has 1 fully saturated rings. The molecule has 2 rings (SSSR count). The van der Waals surface area contributed by atoms with Crippen molar-refractivity contribution in [1.82, 2.24) is 4.90 Å². The molecule has 112 valence electrons. The van der Waals surface area contributed by atoms with E-state index < -0.39 is 5.60 Å². The minimum absolute atomic E-state index is 0.727. The second kappa shape index (κ2) is 6.46. The zero-order valence-corrected chi connectivity index (χ0v) is 12.7. The number of aliphatic hydroxyl groups is 1. The van der Waals surface area contributed by atoms with Gasteiger partial charge in [0.2, 0.25) is 0 Å². The van der Waals surface area contributed by atoms with E-state index >= 15 is 0 Å². The third-order valence-electron chi connectivity index (χ3n) is 4.26. The molecule has 1 N–H and O–H groups in total. The predicted molar refractivity (Wildman–Crippen MR) is 79.4 cm³/mol. The van der Waals surface area contributed by atoms with E-state index in [9.17, 15) is 5.11 Å². The summed E-state index contributed by atoms with van der Waals surface area (Å²) in [7, 11) is 3.28. The Hall–Kier alpha value is -1.26. The van der Waals surface area contributed by atoms with Crippen LogP contribution in [0.15, 0.2) is 18.2 Å². The molecule has 0 saturated carbocycles. The molecule has 0 bridgehead atoms. The average molecular weight is 279 g/mol. The maximum absolute atomic E-state index is 11.1. The topological polar surface area (TPSA) is 41.9 Å². The fourth-order valence-electron chi connectivity index (χ4n) is 2.94. The lowest BCUT2D eigenvalue weighted by Gasteiger charge is -2.29. The van der Waals surface area contributed by atoms with Crippen LogP contribution in [0.2, 0.25) is 0 Å². The van der Waals surface area contributed by atoms with Crippen LogP contribution < -0.4 is 9.47 Å². The van der Waals surface area contributed by atoms with Gasteiger partial charge < -0.3 is 19.5 Å². The maximum Gasteiger partial charge on any atom is 0.125 e. The van der Waals surface area contributed by atoms with Crippen LogP contribution in [0.1, 0.15) is 31.7 Å². The van der Waals surface area contributed by atoms with E-state index in [0.29, 0.717) is 0 Å². The van der Waals surface area contributed by atoms with E-state index in [2.05, 4.69) is 11.8 Å². The lowest BCUT2D eigenvalue weighted by molar-refractivity contribution is 0.0189. The normalized spacial score (nSPS) is 24.2. The maximum atomic E-state index is 11.1. The van der Waals surface area contributed by atoms with E-state index in [1.165, 1.54) is 0 Å². The van der Waals surface area contributed by atoms with E-state index in [0.717, 1.165) is 56.0 Å². The molecule has 1 aromatic carbocycles. The van der Waals surface area contributed by atoms with Gasteiger partial charge in [0.1, 0.15) is 11.5 Å². The SMILES string of the molecule is CCN1CCCC(O)(c2cc(OC)ccc2OC)CC1. The Bertz CT molecular complexity index is 449. The van der Waals surface area contributed by atoms with Crippen LogP contribution in [0.5, 0.6) is 11.5 Å². The Kier molecular flexibility index (Phi) is 4.89. The molecule has 1 saturated heterocycles.